The predicted octanol–water partition coefficient (Wildman–Crippen LogP) is 1.59. The highest BCUT2D eigenvalue weighted by Crippen LogP contribution is 2.03. The summed E-state index contributed by atoms with van der Waals surface area (Å²) in [6.45, 7) is 4.11. The molecule has 5 heteroatoms. The molecule has 18 heavy (non-hydrogen) atoms. The molecule has 0 saturated carbocycles. The Morgan fingerprint density at radius 1 is 1.39 bits per heavy atom. The molecular weight excluding hydrogens is 232 g/mol. The average molecular weight is 248 g/mol. The number of rotatable bonds is 6. The van der Waals surface area contributed by atoms with Crippen molar-refractivity contribution < 1.29 is 14.6 Å². The van der Waals surface area contributed by atoms with Gasteiger partial charge in [0.2, 0.25) is 0 Å². The van der Waals surface area contributed by atoms with Gasteiger partial charge < -0.3 is 5.32 Å². The maximum atomic E-state index is 11.8. The SMILES string of the molecule is CCOOCC(C#N)NC(=O)c1ccc(C)cc1. The van der Waals surface area contributed by atoms with Gasteiger partial charge in [0.1, 0.15) is 12.6 Å². The topological polar surface area (TPSA) is 71.3 Å². The molecule has 0 fully saturated rings. The summed E-state index contributed by atoms with van der Waals surface area (Å²) in [6.07, 6.45) is 0. The molecule has 0 aromatic heterocycles. The first-order valence-corrected chi connectivity index (χ1v) is 5.69. The van der Waals surface area contributed by atoms with Crippen LogP contribution in [0.2, 0.25) is 0 Å². The van der Waals surface area contributed by atoms with Crippen molar-refractivity contribution in [2.45, 2.75) is 19.9 Å². The summed E-state index contributed by atoms with van der Waals surface area (Å²) in [4.78, 5) is 21.2. The number of nitriles is 1. The van der Waals surface area contributed by atoms with E-state index in [0.717, 1.165) is 5.56 Å². The first-order valence-electron chi connectivity index (χ1n) is 5.69. The third kappa shape index (κ3) is 4.53. The molecule has 0 heterocycles. The van der Waals surface area contributed by atoms with Gasteiger partial charge in [-0.3, -0.25) is 4.79 Å². The first-order chi connectivity index (χ1) is 8.67. The Morgan fingerprint density at radius 3 is 2.61 bits per heavy atom. The molecule has 0 aliphatic rings. The van der Waals surface area contributed by atoms with E-state index in [2.05, 4.69) is 10.2 Å². The summed E-state index contributed by atoms with van der Waals surface area (Å²) < 4.78 is 0. The van der Waals surface area contributed by atoms with Crippen molar-refractivity contribution in [2.75, 3.05) is 13.2 Å². The lowest BCUT2D eigenvalue weighted by Crippen LogP contribution is -2.37. The molecule has 1 rings (SSSR count). The zero-order chi connectivity index (χ0) is 13.4. The van der Waals surface area contributed by atoms with Crippen LogP contribution in [0, 0.1) is 18.3 Å². The van der Waals surface area contributed by atoms with Crippen LogP contribution in [0.5, 0.6) is 0 Å². The fraction of sp³-hybridized carbons (Fsp3) is 0.385. The van der Waals surface area contributed by atoms with Crippen molar-refractivity contribution in [3.8, 4) is 6.07 Å². The maximum absolute atomic E-state index is 11.8. The van der Waals surface area contributed by atoms with Crippen LogP contribution in [-0.4, -0.2) is 25.2 Å². The number of carbonyl (C=O) groups excluding carboxylic acids is 1. The van der Waals surface area contributed by atoms with Gasteiger partial charge in [0.15, 0.2) is 0 Å². The molecule has 5 nitrogen and oxygen atoms in total. The van der Waals surface area contributed by atoms with E-state index in [1.54, 1.807) is 19.1 Å². The molecule has 96 valence electrons. The second kappa shape index (κ2) is 7.43. The standard InChI is InChI=1S/C13H16N2O3/c1-3-17-18-9-12(8-14)15-13(16)11-6-4-10(2)5-7-11/h4-7,12H,3,9H2,1-2H3,(H,15,16). The van der Waals surface area contributed by atoms with E-state index >= 15 is 0 Å². The van der Waals surface area contributed by atoms with Gasteiger partial charge in [-0.05, 0) is 26.0 Å². The van der Waals surface area contributed by atoms with Crippen molar-refractivity contribution in [3.05, 3.63) is 35.4 Å². The van der Waals surface area contributed by atoms with Gasteiger partial charge in [0.05, 0.1) is 12.7 Å². The quantitative estimate of drug-likeness (QED) is 0.471. The van der Waals surface area contributed by atoms with Gasteiger partial charge in [-0.25, -0.2) is 9.78 Å². The maximum Gasteiger partial charge on any atom is 0.252 e. The number of hydrogen-bond donors (Lipinski definition) is 1. The van der Waals surface area contributed by atoms with Crippen LogP contribution in [0.15, 0.2) is 24.3 Å². The van der Waals surface area contributed by atoms with Crippen LogP contribution < -0.4 is 5.32 Å². The number of amides is 1. The Labute approximate surface area is 106 Å². The van der Waals surface area contributed by atoms with E-state index in [9.17, 15) is 4.79 Å². The number of carbonyl (C=O) groups is 1. The minimum absolute atomic E-state index is 0.00193. The molecular formula is C13H16N2O3. The average Bonchev–Trinajstić information content (AvgIpc) is 2.38. The van der Waals surface area contributed by atoms with E-state index < -0.39 is 6.04 Å². The van der Waals surface area contributed by atoms with Gasteiger partial charge in [-0.1, -0.05) is 17.7 Å². The molecule has 1 aromatic carbocycles. The lowest BCUT2D eigenvalue weighted by atomic mass is 10.1. The highest BCUT2D eigenvalue weighted by molar-refractivity contribution is 5.94. The number of nitrogens with one attached hydrogen (secondary N) is 1. The predicted molar refractivity (Wildman–Crippen MR) is 65.6 cm³/mol. The minimum Gasteiger partial charge on any atom is -0.334 e. The molecule has 1 aromatic rings. The van der Waals surface area contributed by atoms with Crippen LogP contribution in [0.4, 0.5) is 0 Å². The number of aryl methyl sites for hydroxylation is 1. The van der Waals surface area contributed by atoms with Crippen LogP contribution in [-0.2, 0) is 9.78 Å². The molecule has 0 aliphatic heterocycles. The number of hydrogen-bond acceptors (Lipinski definition) is 4. The van der Waals surface area contributed by atoms with Crippen LogP contribution in [0.3, 0.4) is 0 Å². The third-order valence-corrected chi connectivity index (χ3v) is 2.21. The van der Waals surface area contributed by atoms with Gasteiger partial charge in [-0.2, -0.15) is 5.26 Å². The fourth-order valence-corrected chi connectivity index (χ4v) is 1.26. The smallest absolute Gasteiger partial charge is 0.252 e. The van der Waals surface area contributed by atoms with Crippen LogP contribution >= 0.6 is 0 Å². The molecule has 0 spiro atoms. The van der Waals surface area contributed by atoms with E-state index in [1.165, 1.54) is 0 Å². The van der Waals surface area contributed by atoms with Crippen molar-refractivity contribution in [1.82, 2.24) is 5.32 Å². The zero-order valence-electron chi connectivity index (χ0n) is 10.5. The summed E-state index contributed by atoms with van der Waals surface area (Å²) in [5.74, 6) is -0.304. The Balaban J connectivity index is 2.52. The van der Waals surface area contributed by atoms with E-state index in [1.807, 2.05) is 25.1 Å². The summed E-state index contributed by atoms with van der Waals surface area (Å²) in [5, 5.41) is 11.4. The molecule has 1 amide bonds. The van der Waals surface area contributed by atoms with Crippen molar-refractivity contribution in [1.29, 1.82) is 5.26 Å². The Kier molecular flexibility index (Phi) is 5.85. The van der Waals surface area contributed by atoms with Gasteiger partial charge in [0, 0.05) is 5.56 Å². The van der Waals surface area contributed by atoms with Gasteiger partial charge in [0.25, 0.3) is 5.91 Å². The van der Waals surface area contributed by atoms with E-state index in [-0.39, 0.29) is 12.5 Å². The lowest BCUT2D eigenvalue weighted by Gasteiger charge is -2.11. The zero-order valence-corrected chi connectivity index (χ0v) is 10.5. The highest BCUT2D eigenvalue weighted by Gasteiger charge is 2.13. The summed E-state index contributed by atoms with van der Waals surface area (Å²) in [7, 11) is 0. The minimum atomic E-state index is -0.731. The second-order valence-corrected chi connectivity index (χ2v) is 3.71. The summed E-state index contributed by atoms with van der Waals surface area (Å²) in [5.41, 5.74) is 1.58. The molecule has 0 radical (unpaired) electrons. The van der Waals surface area contributed by atoms with Gasteiger partial charge in [-0.15, -0.1) is 0 Å². The van der Waals surface area contributed by atoms with E-state index in [4.69, 9.17) is 10.1 Å². The lowest BCUT2D eigenvalue weighted by molar-refractivity contribution is -0.292. The first kappa shape index (κ1) is 14.2. The molecule has 0 aliphatic carbocycles. The Bertz CT molecular complexity index is 423. The van der Waals surface area contributed by atoms with Crippen molar-refractivity contribution in [3.63, 3.8) is 0 Å². The molecule has 0 saturated heterocycles. The van der Waals surface area contributed by atoms with Crippen LogP contribution in [0.1, 0.15) is 22.8 Å². The Hall–Kier alpha value is -1.90. The summed E-state index contributed by atoms with van der Waals surface area (Å²) in [6, 6.07) is 8.31. The summed E-state index contributed by atoms with van der Waals surface area (Å²) >= 11 is 0. The van der Waals surface area contributed by atoms with Crippen molar-refractivity contribution >= 4 is 5.91 Å². The molecule has 0 bridgehead atoms. The van der Waals surface area contributed by atoms with Crippen molar-refractivity contribution in [2.24, 2.45) is 0 Å². The molecule has 1 atom stereocenters. The van der Waals surface area contributed by atoms with E-state index in [0.29, 0.717) is 12.2 Å². The molecule has 1 unspecified atom stereocenters. The monoisotopic (exact) mass is 248 g/mol. The van der Waals surface area contributed by atoms with Gasteiger partial charge >= 0.3 is 0 Å². The normalized spacial score (nSPS) is 11.6. The number of nitrogens with zero attached hydrogens (tertiary/aromatic N) is 1. The van der Waals surface area contributed by atoms with Crippen LogP contribution in [0.25, 0.3) is 0 Å². The second-order valence-electron chi connectivity index (χ2n) is 3.71. The largest absolute Gasteiger partial charge is 0.334 e. The number of benzene rings is 1. The molecule has 1 N–H and O–H groups in total. The highest BCUT2D eigenvalue weighted by atomic mass is 17.2. The fourth-order valence-electron chi connectivity index (χ4n) is 1.26. The Morgan fingerprint density at radius 2 is 2.06 bits per heavy atom. The third-order valence-electron chi connectivity index (χ3n) is 2.21.